The van der Waals surface area contributed by atoms with E-state index >= 15 is 0 Å². The average molecular weight is 439 g/mol. The quantitative estimate of drug-likeness (QED) is 0.609. The molecular formula is C28H42N2O2. The molecule has 4 rings (SSSR count). The highest BCUT2D eigenvalue weighted by Gasteiger charge is 2.44. The number of piperidine rings is 1. The molecule has 2 fully saturated rings. The van der Waals surface area contributed by atoms with Gasteiger partial charge >= 0.3 is 0 Å². The van der Waals surface area contributed by atoms with E-state index in [-0.39, 0.29) is 29.1 Å². The van der Waals surface area contributed by atoms with Crippen molar-refractivity contribution in [3.05, 3.63) is 35.4 Å². The smallest absolute Gasteiger partial charge is 0.226 e. The average Bonchev–Trinajstić information content (AvgIpc) is 3.21. The van der Waals surface area contributed by atoms with Gasteiger partial charge in [0.2, 0.25) is 5.91 Å². The Kier molecular flexibility index (Phi) is 6.81. The first-order chi connectivity index (χ1) is 15.2. The van der Waals surface area contributed by atoms with Crippen LogP contribution in [0.3, 0.4) is 0 Å². The summed E-state index contributed by atoms with van der Waals surface area (Å²) < 4.78 is 0. The van der Waals surface area contributed by atoms with E-state index in [0.717, 1.165) is 25.8 Å². The lowest BCUT2D eigenvalue weighted by atomic mass is 9.63. The molecule has 0 N–H and O–H groups in total. The molecule has 1 aliphatic heterocycles. The van der Waals surface area contributed by atoms with Crippen LogP contribution in [-0.4, -0.2) is 47.7 Å². The number of rotatable bonds is 5. The summed E-state index contributed by atoms with van der Waals surface area (Å²) in [5.74, 6) is 0.350. The molecule has 4 heteroatoms. The van der Waals surface area contributed by atoms with Gasteiger partial charge in [0, 0.05) is 25.3 Å². The van der Waals surface area contributed by atoms with E-state index in [2.05, 4.69) is 61.8 Å². The number of likely N-dealkylation sites (tertiary alicyclic amines) is 1. The highest BCUT2D eigenvalue weighted by molar-refractivity contribution is 5.90. The minimum Gasteiger partial charge on any atom is -0.336 e. The fourth-order valence-electron chi connectivity index (χ4n) is 6.30. The van der Waals surface area contributed by atoms with Gasteiger partial charge in [-0.05, 0) is 87.0 Å². The predicted octanol–water partition coefficient (Wildman–Crippen LogP) is 5.51. The third-order valence-corrected chi connectivity index (χ3v) is 8.37. The third-order valence-electron chi connectivity index (χ3n) is 8.37. The molecule has 4 nitrogen and oxygen atoms in total. The summed E-state index contributed by atoms with van der Waals surface area (Å²) in [7, 11) is 0. The molecule has 1 saturated heterocycles. The molecule has 32 heavy (non-hydrogen) atoms. The first-order valence-corrected chi connectivity index (χ1v) is 12.9. The van der Waals surface area contributed by atoms with E-state index in [4.69, 9.17) is 0 Å². The highest BCUT2D eigenvalue weighted by Crippen LogP contribution is 2.50. The molecule has 1 aromatic carbocycles. The van der Waals surface area contributed by atoms with Crippen molar-refractivity contribution in [2.75, 3.05) is 26.2 Å². The Hall–Kier alpha value is -1.68. The molecule has 2 aliphatic carbocycles. The maximum Gasteiger partial charge on any atom is 0.226 e. The van der Waals surface area contributed by atoms with Crippen LogP contribution in [0, 0.1) is 11.3 Å². The summed E-state index contributed by atoms with van der Waals surface area (Å²) in [6, 6.07) is 9.08. The van der Waals surface area contributed by atoms with Crippen molar-refractivity contribution < 1.29 is 9.59 Å². The first kappa shape index (κ1) is 23.5. The lowest BCUT2D eigenvalue weighted by Crippen LogP contribution is -2.48. The number of Topliss-reactive ketones (excluding diaryl/α,β-unsaturated/α-hetero) is 1. The number of fused-ring (bicyclic) bond motifs is 2. The van der Waals surface area contributed by atoms with Gasteiger partial charge in [0.25, 0.3) is 0 Å². The van der Waals surface area contributed by atoms with Crippen LogP contribution in [0.4, 0.5) is 0 Å². The second kappa shape index (κ2) is 9.29. The van der Waals surface area contributed by atoms with Gasteiger partial charge in [-0.2, -0.15) is 0 Å². The zero-order valence-electron chi connectivity index (χ0n) is 20.7. The van der Waals surface area contributed by atoms with Crippen LogP contribution in [0.15, 0.2) is 24.3 Å². The van der Waals surface area contributed by atoms with Gasteiger partial charge in [-0.1, -0.05) is 45.0 Å². The van der Waals surface area contributed by atoms with Gasteiger partial charge in [-0.3, -0.25) is 9.59 Å². The zero-order chi connectivity index (χ0) is 22.9. The van der Waals surface area contributed by atoms with Crippen LogP contribution in [0.2, 0.25) is 0 Å². The summed E-state index contributed by atoms with van der Waals surface area (Å²) in [6.07, 6.45) is 7.64. The Morgan fingerprint density at radius 3 is 2.47 bits per heavy atom. The lowest BCUT2D eigenvalue weighted by molar-refractivity contribution is -0.139. The molecule has 1 heterocycles. The minimum atomic E-state index is -0.100. The predicted molar refractivity (Wildman–Crippen MR) is 130 cm³/mol. The fourth-order valence-corrected chi connectivity index (χ4v) is 6.30. The Balaban J connectivity index is 1.51. The van der Waals surface area contributed by atoms with Gasteiger partial charge in [0.1, 0.15) is 5.78 Å². The van der Waals surface area contributed by atoms with E-state index < -0.39 is 0 Å². The van der Waals surface area contributed by atoms with Crippen molar-refractivity contribution in [3.8, 4) is 0 Å². The molecule has 1 aromatic rings. The van der Waals surface area contributed by atoms with Crippen molar-refractivity contribution in [2.24, 2.45) is 11.3 Å². The molecule has 176 valence electrons. The van der Waals surface area contributed by atoms with Gasteiger partial charge < -0.3 is 9.80 Å². The molecule has 0 radical (unpaired) electrons. The highest BCUT2D eigenvalue weighted by atomic mass is 16.2. The SMILES string of the molecule is CCN(C(=O)C1CCC(=O)C1)[C@H]1CCC2(CCN(CCC(C)(C)C)CC2)c2ccccc21. The van der Waals surface area contributed by atoms with Gasteiger partial charge in [0.05, 0.1) is 6.04 Å². The van der Waals surface area contributed by atoms with Crippen molar-refractivity contribution in [1.82, 2.24) is 9.80 Å². The monoisotopic (exact) mass is 438 g/mol. The minimum absolute atomic E-state index is 0.100. The number of carbonyl (C=O) groups excluding carboxylic acids is 2. The topological polar surface area (TPSA) is 40.6 Å². The standard InChI is InChI=1S/C28H42N2O2/c1-5-30(26(32)21-10-11-22(31)20-21)25-12-13-28(24-9-7-6-8-23(24)25)15-18-29(19-16-28)17-14-27(2,3)4/h6-9,21,25H,5,10-20H2,1-4H3/t21?,25-/m0/s1. The van der Waals surface area contributed by atoms with E-state index in [1.54, 1.807) is 0 Å². The van der Waals surface area contributed by atoms with Crippen LogP contribution in [-0.2, 0) is 15.0 Å². The maximum absolute atomic E-state index is 13.4. The summed E-state index contributed by atoms with van der Waals surface area (Å²) in [5.41, 5.74) is 3.50. The zero-order valence-corrected chi connectivity index (χ0v) is 20.7. The van der Waals surface area contributed by atoms with E-state index in [0.29, 0.717) is 18.3 Å². The van der Waals surface area contributed by atoms with Gasteiger partial charge in [0.15, 0.2) is 0 Å². The number of carbonyl (C=O) groups is 2. The molecule has 2 atom stereocenters. The van der Waals surface area contributed by atoms with Crippen LogP contribution in [0.25, 0.3) is 0 Å². The van der Waals surface area contributed by atoms with E-state index in [1.165, 1.54) is 50.0 Å². The molecular weight excluding hydrogens is 396 g/mol. The summed E-state index contributed by atoms with van der Waals surface area (Å²) >= 11 is 0. The Morgan fingerprint density at radius 1 is 1.12 bits per heavy atom. The Bertz CT molecular complexity index is 832. The normalized spacial score (nSPS) is 25.7. The summed E-state index contributed by atoms with van der Waals surface area (Å²) in [5, 5.41) is 0. The molecule has 0 bridgehead atoms. The molecule has 0 aromatic heterocycles. The molecule has 1 saturated carbocycles. The molecule has 1 amide bonds. The number of benzene rings is 1. The second-order valence-electron chi connectivity index (χ2n) is 11.7. The summed E-state index contributed by atoms with van der Waals surface area (Å²) in [4.78, 5) is 29.9. The maximum atomic E-state index is 13.4. The largest absolute Gasteiger partial charge is 0.336 e. The van der Waals surface area contributed by atoms with Crippen molar-refractivity contribution in [1.29, 1.82) is 0 Å². The molecule has 1 unspecified atom stereocenters. The number of nitrogens with zero attached hydrogens (tertiary/aromatic N) is 2. The lowest BCUT2D eigenvalue weighted by Gasteiger charge is -2.49. The summed E-state index contributed by atoms with van der Waals surface area (Å²) in [6.45, 7) is 13.4. The van der Waals surface area contributed by atoms with Crippen molar-refractivity contribution in [2.45, 2.75) is 90.5 Å². The molecule has 3 aliphatic rings. The number of amides is 1. The fraction of sp³-hybridized carbons (Fsp3) is 0.714. The van der Waals surface area contributed by atoms with Crippen LogP contribution >= 0.6 is 0 Å². The number of hydrogen-bond donors (Lipinski definition) is 0. The third kappa shape index (κ3) is 4.81. The van der Waals surface area contributed by atoms with Gasteiger partial charge in [-0.15, -0.1) is 0 Å². The Labute approximate surface area is 194 Å². The second-order valence-corrected chi connectivity index (χ2v) is 11.7. The Morgan fingerprint density at radius 2 is 1.84 bits per heavy atom. The van der Waals surface area contributed by atoms with Crippen LogP contribution < -0.4 is 0 Å². The van der Waals surface area contributed by atoms with Crippen molar-refractivity contribution >= 4 is 11.7 Å². The van der Waals surface area contributed by atoms with Gasteiger partial charge in [-0.25, -0.2) is 0 Å². The van der Waals surface area contributed by atoms with E-state index in [1.807, 2.05) is 0 Å². The molecule has 1 spiro atoms. The van der Waals surface area contributed by atoms with Crippen LogP contribution in [0.1, 0.15) is 96.2 Å². The number of ketones is 1. The van der Waals surface area contributed by atoms with Crippen LogP contribution in [0.5, 0.6) is 0 Å². The van der Waals surface area contributed by atoms with Crippen molar-refractivity contribution in [3.63, 3.8) is 0 Å². The number of hydrogen-bond acceptors (Lipinski definition) is 3. The first-order valence-electron chi connectivity index (χ1n) is 12.9. The van der Waals surface area contributed by atoms with E-state index in [9.17, 15) is 9.59 Å².